The van der Waals surface area contributed by atoms with Gasteiger partial charge in [-0.3, -0.25) is 9.59 Å². The fourth-order valence-corrected chi connectivity index (χ4v) is 1.94. The topological polar surface area (TPSA) is 113 Å². The van der Waals surface area contributed by atoms with Crippen molar-refractivity contribution in [3.05, 3.63) is 0 Å². The molecular formula is C11H17NO6. The van der Waals surface area contributed by atoms with Crippen molar-refractivity contribution >= 4 is 17.8 Å². The maximum absolute atomic E-state index is 11.7. The van der Waals surface area contributed by atoms with Crippen LogP contribution in [0, 0.1) is 0 Å². The zero-order valence-corrected chi connectivity index (χ0v) is 10.1. The van der Waals surface area contributed by atoms with Crippen molar-refractivity contribution in [2.75, 3.05) is 7.11 Å². The second kappa shape index (κ2) is 5.81. The molecule has 1 amide bonds. The molecule has 0 saturated heterocycles. The Bertz CT molecular complexity index is 344. The van der Waals surface area contributed by atoms with Gasteiger partial charge in [-0.15, -0.1) is 0 Å². The van der Waals surface area contributed by atoms with E-state index in [0.29, 0.717) is 0 Å². The second-order valence-corrected chi connectivity index (χ2v) is 4.47. The maximum Gasteiger partial charge on any atom is 0.326 e. The van der Waals surface area contributed by atoms with E-state index in [1.165, 1.54) is 7.11 Å². The molecule has 7 heteroatoms. The van der Waals surface area contributed by atoms with E-state index >= 15 is 0 Å². The van der Waals surface area contributed by atoms with Gasteiger partial charge in [0, 0.05) is 7.11 Å². The highest BCUT2D eigenvalue weighted by molar-refractivity contribution is 5.87. The number of rotatable bonds is 7. The lowest BCUT2D eigenvalue weighted by Crippen LogP contribution is -2.48. The van der Waals surface area contributed by atoms with Crippen LogP contribution in [0.2, 0.25) is 0 Å². The molecule has 1 rings (SSSR count). The molecule has 1 unspecified atom stereocenters. The molecule has 0 aromatic heterocycles. The van der Waals surface area contributed by atoms with E-state index < -0.39 is 35.9 Å². The molecule has 3 N–H and O–H groups in total. The first-order valence-electron chi connectivity index (χ1n) is 5.68. The van der Waals surface area contributed by atoms with Gasteiger partial charge in [0.1, 0.15) is 6.04 Å². The number of amides is 1. The van der Waals surface area contributed by atoms with Crippen LogP contribution in [-0.4, -0.2) is 46.8 Å². The summed E-state index contributed by atoms with van der Waals surface area (Å²) in [4.78, 5) is 32.9. The zero-order chi connectivity index (χ0) is 13.8. The van der Waals surface area contributed by atoms with Gasteiger partial charge >= 0.3 is 11.9 Å². The van der Waals surface area contributed by atoms with Crippen LogP contribution in [-0.2, 0) is 19.1 Å². The van der Waals surface area contributed by atoms with E-state index in [-0.39, 0.29) is 6.42 Å². The van der Waals surface area contributed by atoms with Gasteiger partial charge < -0.3 is 20.3 Å². The molecule has 1 aliphatic carbocycles. The highest BCUT2D eigenvalue weighted by Gasteiger charge is 2.39. The standard InChI is InChI=1S/C11H17NO6/c1-18-11(3-2-4-11)6-8(13)12-7(10(16)17)5-9(14)15/h7H,2-6H2,1H3,(H,12,13)(H,14,15)(H,16,17). The van der Waals surface area contributed by atoms with Gasteiger partial charge in [0.2, 0.25) is 5.91 Å². The van der Waals surface area contributed by atoms with Crippen LogP contribution in [0.15, 0.2) is 0 Å². The molecule has 0 spiro atoms. The number of ether oxygens (including phenoxy) is 1. The Morgan fingerprint density at radius 1 is 1.33 bits per heavy atom. The minimum atomic E-state index is -1.40. The Labute approximate surface area is 104 Å². The van der Waals surface area contributed by atoms with Crippen LogP contribution in [0.25, 0.3) is 0 Å². The fraction of sp³-hybridized carbons (Fsp3) is 0.727. The lowest BCUT2D eigenvalue weighted by atomic mass is 9.77. The average molecular weight is 259 g/mol. The Morgan fingerprint density at radius 3 is 2.28 bits per heavy atom. The number of hydrogen-bond donors (Lipinski definition) is 3. The smallest absolute Gasteiger partial charge is 0.326 e. The van der Waals surface area contributed by atoms with Crippen LogP contribution in [0.1, 0.15) is 32.1 Å². The predicted octanol–water partition coefficient (Wildman–Crippen LogP) is -0.0103. The molecule has 0 aromatic rings. The minimum Gasteiger partial charge on any atom is -0.481 e. The van der Waals surface area contributed by atoms with Crippen molar-refractivity contribution in [3.8, 4) is 0 Å². The first kappa shape index (κ1) is 14.4. The van der Waals surface area contributed by atoms with Crippen LogP contribution in [0.5, 0.6) is 0 Å². The third-order valence-electron chi connectivity index (χ3n) is 3.19. The van der Waals surface area contributed by atoms with Crippen molar-refractivity contribution in [1.29, 1.82) is 0 Å². The Balaban J connectivity index is 2.50. The van der Waals surface area contributed by atoms with Crippen molar-refractivity contribution in [3.63, 3.8) is 0 Å². The number of hydrogen-bond acceptors (Lipinski definition) is 4. The highest BCUT2D eigenvalue weighted by Crippen LogP contribution is 2.37. The predicted molar refractivity (Wildman–Crippen MR) is 60.0 cm³/mol. The lowest BCUT2D eigenvalue weighted by Gasteiger charge is -2.40. The van der Waals surface area contributed by atoms with Crippen molar-refractivity contribution in [1.82, 2.24) is 5.32 Å². The van der Waals surface area contributed by atoms with Crippen molar-refractivity contribution in [2.45, 2.75) is 43.7 Å². The van der Waals surface area contributed by atoms with E-state index in [9.17, 15) is 14.4 Å². The van der Waals surface area contributed by atoms with Crippen molar-refractivity contribution in [2.24, 2.45) is 0 Å². The lowest BCUT2D eigenvalue weighted by molar-refractivity contribution is -0.148. The Morgan fingerprint density at radius 2 is 1.94 bits per heavy atom. The number of carboxylic acid groups (broad SMARTS) is 2. The summed E-state index contributed by atoms with van der Waals surface area (Å²) in [5.74, 6) is -3.12. The van der Waals surface area contributed by atoms with Crippen LogP contribution in [0.3, 0.4) is 0 Å². The zero-order valence-electron chi connectivity index (χ0n) is 10.1. The van der Waals surface area contributed by atoms with E-state index in [1.54, 1.807) is 0 Å². The molecule has 102 valence electrons. The monoisotopic (exact) mass is 259 g/mol. The quantitative estimate of drug-likeness (QED) is 0.592. The van der Waals surface area contributed by atoms with Crippen LogP contribution in [0.4, 0.5) is 0 Å². The molecule has 1 atom stereocenters. The van der Waals surface area contributed by atoms with Gasteiger partial charge in [-0.1, -0.05) is 0 Å². The van der Waals surface area contributed by atoms with E-state index in [2.05, 4.69) is 5.32 Å². The third-order valence-corrected chi connectivity index (χ3v) is 3.19. The maximum atomic E-state index is 11.7. The molecule has 0 bridgehead atoms. The number of carboxylic acids is 2. The van der Waals surface area contributed by atoms with Crippen LogP contribution < -0.4 is 5.32 Å². The number of aliphatic carboxylic acids is 2. The SMILES string of the molecule is COC1(CC(=O)NC(CC(=O)O)C(=O)O)CCC1. The molecule has 1 fully saturated rings. The molecule has 0 heterocycles. The summed E-state index contributed by atoms with van der Waals surface area (Å²) < 4.78 is 5.24. The van der Waals surface area contributed by atoms with Gasteiger partial charge in [-0.2, -0.15) is 0 Å². The average Bonchev–Trinajstić information content (AvgIpc) is 2.21. The molecule has 1 aliphatic rings. The van der Waals surface area contributed by atoms with Gasteiger partial charge in [-0.25, -0.2) is 4.79 Å². The molecule has 0 radical (unpaired) electrons. The van der Waals surface area contributed by atoms with E-state index in [0.717, 1.165) is 19.3 Å². The van der Waals surface area contributed by atoms with Crippen LogP contribution >= 0.6 is 0 Å². The molecule has 18 heavy (non-hydrogen) atoms. The van der Waals surface area contributed by atoms with Gasteiger partial charge in [0.15, 0.2) is 0 Å². The van der Waals surface area contributed by atoms with E-state index in [4.69, 9.17) is 14.9 Å². The summed E-state index contributed by atoms with van der Waals surface area (Å²) in [5, 5.41) is 19.5. The summed E-state index contributed by atoms with van der Waals surface area (Å²) in [6, 6.07) is -1.40. The summed E-state index contributed by atoms with van der Waals surface area (Å²) in [5.41, 5.74) is -0.504. The molecular weight excluding hydrogens is 242 g/mol. The summed E-state index contributed by atoms with van der Waals surface area (Å²) in [6.07, 6.45) is 1.91. The third kappa shape index (κ3) is 3.69. The molecule has 0 aromatic carbocycles. The largest absolute Gasteiger partial charge is 0.481 e. The second-order valence-electron chi connectivity index (χ2n) is 4.47. The van der Waals surface area contributed by atoms with Gasteiger partial charge in [0.05, 0.1) is 18.4 Å². The summed E-state index contributed by atoms with van der Waals surface area (Å²) in [7, 11) is 1.51. The number of carbonyl (C=O) groups is 3. The highest BCUT2D eigenvalue weighted by atomic mass is 16.5. The Hall–Kier alpha value is -1.63. The first-order valence-corrected chi connectivity index (χ1v) is 5.68. The number of nitrogens with one attached hydrogen (secondary N) is 1. The van der Waals surface area contributed by atoms with E-state index in [1.807, 2.05) is 0 Å². The number of methoxy groups -OCH3 is 1. The molecule has 1 saturated carbocycles. The Kier molecular flexibility index (Phi) is 4.66. The fourth-order valence-electron chi connectivity index (χ4n) is 1.94. The molecule has 7 nitrogen and oxygen atoms in total. The summed E-state index contributed by atoms with van der Waals surface area (Å²) >= 11 is 0. The minimum absolute atomic E-state index is 0.0624. The first-order chi connectivity index (χ1) is 8.38. The summed E-state index contributed by atoms with van der Waals surface area (Å²) in [6.45, 7) is 0. The molecule has 0 aliphatic heterocycles. The van der Waals surface area contributed by atoms with Gasteiger partial charge in [-0.05, 0) is 19.3 Å². The normalized spacial score (nSPS) is 18.5. The number of carbonyl (C=O) groups excluding carboxylic acids is 1. The van der Waals surface area contributed by atoms with Crippen molar-refractivity contribution < 1.29 is 29.3 Å². The van der Waals surface area contributed by atoms with Gasteiger partial charge in [0.25, 0.3) is 0 Å².